The Balaban J connectivity index is 0.00000162. The molecule has 0 saturated carbocycles. The number of hydrogen-bond acceptors (Lipinski definition) is 2. The molecule has 1 saturated heterocycles. The molecule has 0 radical (unpaired) electrons. The highest BCUT2D eigenvalue weighted by Gasteiger charge is 2.19. The summed E-state index contributed by atoms with van der Waals surface area (Å²) < 4.78 is 0. The van der Waals surface area contributed by atoms with E-state index in [4.69, 9.17) is 17.3 Å². The molecule has 2 N–H and O–H groups in total. The second-order valence-corrected chi connectivity index (χ2v) is 4.41. The molecule has 1 aromatic carbocycles. The zero-order valence-electron chi connectivity index (χ0n) is 10.3. The van der Waals surface area contributed by atoms with Gasteiger partial charge in [-0.3, -0.25) is 4.99 Å². The van der Waals surface area contributed by atoms with Crippen LogP contribution in [0.2, 0.25) is 5.02 Å². The van der Waals surface area contributed by atoms with Crippen molar-refractivity contribution in [3.05, 3.63) is 29.3 Å². The van der Waals surface area contributed by atoms with Crippen molar-refractivity contribution in [3.63, 3.8) is 0 Å². The van der Waals surface area contributed by atoms with Crippen molar-refractivity contribution in [1.29, 1.82) is 0 Å². The topological polar surface area (TPSA) is 44.9 Å². The molecule has 1 aromatic rings. The van der Waals surface area contributed by atoms with E-state index >= 15 is 0 Å². The van der Waals surface area contributed by atoms with Crippen LogP contribution in [0.15, 0.2) is 29.3 Å². The fourth-order valence-electron chi connectivity index (χ4n) is 2.03. The highest BCUT2D eigenvalue weighted by molar-refractivity contribution is 14.0. The van der Waals surface area contributed by atoms with Gasteiger partial charge in [-0.1, -0.05) is 23.7 Å². The molecule has 1 fully saturated rings. The van der Waals surface area contributed by atoms with Gasteiger partial charge in [0.1, 0.15) is 0 Å². The van der Waals surface area contributed by atoms with Crippen LogP contribution >= 0.6 is 35.6 Å². The molecule has 0 bridgehead atoms. The average molecular weight is 381 g/mol. The van der Waals surface area contributed by atoms with Gasteiger partial charge in [-0.25, -0.2) is 0 Å². The first-order valence-corrected chi connectivity index (χ1v) is 6.07. The standard InChI is InChI=1S/C12H17ClN4.HI/c1-15-12(14)17-8-6-16(7-9-17)11-5-3-2-4-10(11)13;/h2-5H,6-9H2,1H3,(H2,14,15);1H. The molecule has 6 heteroatoms. The maximum absolute atomic E-state index is 6.18. The molecule has 18 heavy (non-hydrogen) atoms. The van der Waals surface area contributed by atoms with E-state index in [0.717, 1.165) is 36.9 Å². The lowest BCUT2D eigenvalue weighted by Crippen LogP contribution is -2.51. The van der Waals surface area contributed by atoms with Crippen LogP contribution < -0.4 is 10.6 Å². The lowest BCUT2D eigenvalue weighted by molar-refractivity contribution is 0.381. The average Bonchev–Trinajstić information content (AvgIpc) is 2.39. The fourth-order valence-corrected chi connectivity index (χ4v) is 2.28. The molecule has 0 atom stereocenters. The molecule has 1 aliphatic rings. The van der Waals surface area contributed by atoms with Crippen molar-refractivity contribution in [1.82, 2.24) is 4.90 Å². The van der Waals surface area contributed by atoms with Crippen LogP contribution in [0, 0.1) is 0 Å². The predicted octanol–water partition coefficient (Wildman–Crippen LogP) is 2.02. The summed E-state index contributed by atoms with van der Waals surface area (Å²) in [4.78, 5) is 8.37. The minimum absolute atomic E-state index is 0. The number of hydrogen-bond donors (Lipinski definition) is 1. The Morgan fingerprint density at radius 1 is 1.22 bits per heavy atom. The van der Waals surface area contributed by atoms with E-state index in [0.29, 0.717) is 5.96 Å². The summed E-state index contributed by atoms with van der Waals surface area (Å²) in [5.41, 5.74) is 6.89. The summed E-state index contributed by atoms with van der Waals surface area (Å²) >= 11 is 6.18. The van der Waals surface area contributed by atoms with Gasteiger partial charge in [0.05, 0.1) is 10.7 Å². The summed E-state index contributed by atoms with van der Waals surface area (Å²) in [7, 11) is 1.72. The highest BCUT2D eigenvalue weighted by atomic mass is 127. The van der Waals surface area contributed by atoms with E-state index in [1.54, 1.807) is 7.05 Å². The van der Waals surface area contributed by atoms with Gasteiger partial charge in [-0.05, 0) is 12.1 Å². The first kappa shape index (κ1) is 15.4. The number of guanidine groups is 1. The summed E-state index contributed by atoms with van der Waals surface area (Å²) in [6.45, 7) is 3.60. The van der Waals surface area contributed by atoms with E-state index in [1.165, 1.54) is 0 Å². The van der Waals surface area contributed by atoms with Crippen molar-refractivity contribution >= 4 is 47.2 Å². The molecular weight excluding hydrogens is 363 g/mol. The summed E-state index contributed by atoms with van der Waals surface area (Å²) in [5.74, 6) is 0.615. The molecule has 2 rings (SSSR count). The molecule has 1 aliphatic heterocycles. The monoisotopic (exact) mass is 380 g/mol. The second kappa shape index (κ2) is 7.04. The third kappa shape index (κ3) is 3.41. The van der Waals surface area contributed by atoms with Crippen molar-refractivity contribution in [2.45, 2.75) is 0 Å². The van der Waals surface area contributed by atoms with Crippen molar-refractivity contribution < 1.29 is 0 Å². The van der Waals surface area contributed by atoms with Gasteiger partial charge in [0.15, 0.2) is 5.96 Å². The Morgan fingerprint density at radius 3 is 2.39 bits per heavy atom. The normalized spacial score (nSPS) is 16.4. The number of nitrogens with zero attached hydrogens (tertiary/aromatic N) is 3. The molecule has 0 aliphatic carbocycles. The van der Waals surface area contributed by atoms with Crippen LogP contribution in [0.25, 0.3) is 0 Å². The number of benzene rings is 1. The van der Waals surface area contributed by atoms with Gasteiger partial charge in [-0.2, -0.15) is 0 Å². The number of rotatable bonds is 1. The molecule has 0 aromatic heterocycles. The predicted molar refractivity (Wildman–Crippen MR) is 88.2 cm³/mol. The van der Waals surface area contributed by atoms with Crippen LogP contribution in [0.4, 0.5) is 5.69 Å². The number of nitrogens with two attached hydrogens (primary N) is 1. The maximum Gasteiger partial charge on any atom is 0.191 e. The van der Waals surface area contributed by atoms with Crippen LogP contribution in [-0.4, -0.2) is 44.1 Å². The zero-order chi connectivity index (χ0) is 12.3. The van der Waals surface area contributed by atoms with Crippen molar-refractivity contribution in [2.75, 3.05) is 38.1 Å². The van der Waals surface area contributed by atoms with E-state index < -0.39 is 0 Å². The first-order valence-electron chi connectivity index (χ1n) is 5.69. The Bertz CT molecular complexity index is 416. The molecule has 4 nitrogen and oxygen atoms in total. The van der Waals surface area contributed by atoms with Crippen molar-refractivity contribution in [3.8, 4) is 0 Å². The van der Waals surface area contributed by atoms with E-state index in [-0.39, 0.29) is 24.0 Å². The smallest absolute Gasteiger partial charge is 0.191 e. The van der Waals surface area contributed by atoms with Gasteiger partial charge in [0.2, 0.25) is 0 Å². The van der Waals surface area contributed by atoms with E-state index in [2.05, 4.69) is 20.9 Å². The maximum atomic E-state index is 6.18. The summed E-state index contributed by atoms with van der Waals surface area (Å²) in [5, 5.41) is 0.804. The minimum Gasteiger partial charge on any atom is -0.370 e. The highest BCUT2D eigenvalue weighted by Crippen LogP contribution is 2.25. The van der Waals surface area contributed by atoms with Gasteiger partial charge < -0.3 is 15.5 Å². The number of piperazine rings is 1. The SMILES string of the molecule is CN=C(N)N1CCN(c2ccccc2Cl)CC1.I. The Labute approximate surface area is 130 Å². The lowest BCUT2D eigenvalue weighted by atomic mass is 10.2. The summed E-state index contributed by atoms with van der Waals surface area (Å²) in [6.07, 6.45) is 0. The van der Waals surface area contributed by atoms with E-state index in [9.17, 15) is 0 Å². The number of para-hydroxylation sites is 1. The molecule has 1 heterocycles. The van der Waals surface area contributed by atoms with Gasteiger partial charge in [0.25, 0.3) is 0 Å². The van der Waals surface area contributed by atoms with E-state index in [1.807, 2.05) is 18.2 Å². The Kier molecular flexibility index (Phi) is 6.01. The number of halogens is 2. The van der Waals surface area contributed by atoms with Crippen LogP contribution in [0.3, 0.4) is 0 Å². The number of anilines is 1. The number of aliphatic imine (C=N–C) groups is 1. The molecule has 0 amide bonds. The Hall–Kier alpha value is -0.690. The summed E-state index contributed by atoms with van der Waals surface area (Å²) in [6, 6.07) is 7.93. The molecule has 100 valence electrons. The quantitative estimate of drug-likeness (QED) is 0.461. The van der Waals surface area contributed by atoms with Gasteiger partial charge in [-0.15, -0.1) is 24.0 Å². The Morgan fingerprint density at radius 2 is 1.83 bits per heavy atom. The first-order chi connectivity index (χ1) is 8.22. The molecule has 0 unspecified atom stereocenters. The third-order valence-electron chi connectivity index (χ3n) is 3.03. The zero-order valence-corrected chi connectivity index (χ0v) is 13.4. The van der Waals surface area contributed by atoms with Crippen LogP contribution in [-0.2, 0) is 0 Å². The van der Waals surface area contributed by atoms with Crippen LogP contribution in [0.1, 0.15) is 0 Å². The third-order valence-corrected chi connectivity index (χ3v) is 3.35. The fraction of sp³-hybridized carbons (Fsp3) is 0.417. The van der Waals surface area contributed by atoms with Crippen LogP contribution in [0.5, 0.6) is 0 Å². The van der Waals surface area contributed by atoms with Gasteiger partial charge in [0, 0.05) is 33.2 Å². The lowest BCUT2D eigenvalue weighted by Gasteiger charge is -2.36. The second-order valence-electron chi connectivity index (χ2n) is 4.01. The van der Waals surface area contributed by atoms with Gasteiger partial charge >= 0.3 is 0 Å². The molecular formula is C12H18ClIN4. The largest absolute Gasteiger partial charge is 0.370 e. The molecule has 0 spiro atoms. The van der Waals surface area contributed by atoms with Crippen molar-refractivity contribution in [2.24, 2.45) is 10.7 Å². The minimum atomic E-state index is 0.